The first kappa shape index (κ1) is 11.4. The third-order valence-electron chi connectivity index (χ3n) is 3.78. The van der Waals surface area contributed by atoms with Crippen LogP contribution in [0.15, 0.2) is 0 Å². The van der Waals surface area contributed by atoms with Crippen LogP contribution >= 0.6 is 0 Å². The van der Waals surface area contributed by atoms with Crippen LogP contribution in [-0.2, 0) is 4.74 Å². The number of nitrogens with zero attached hydrogens (tertiary/aromatic N) is 1. The van der Waals surface area contributed by atoms with E-state index in [2.05, 4.69) is 17.1 Å². The summed E-state index contributed by atoms with van der Waals surface area (Å²) in [6, 6.07) is 0. The molecule has 2 fully saturated rings. The molecule has 0 radical (unpaired) electrons. The van der Waals surface area contributed by atoms with Crippen LogP contribution in [0, 0.1) is 5.41 Å². The minimum absolute atomic E-state index is 0.562. The van der Waals surface area contributed by atoms with Crippen LogP contribution in [0.2, 0.25) is 0 Å². The first-order chi connectivity index (χ1) is 7.35. The molecule has 0 aromatic rings. The average molecular weight is 212 g/mol. The Labute approximate surface area is 93.2 Å². The highest BCUT2D eigenvalue weighted by atomic mass is 16.5. The third-order valence-corrected chi connectivity index (χ3v) is 3.78. The molecule has 2 rings (SSSR count). The van der Waals surface area contributed by atoms with Gasteiger partial charge >= 0.3 is 0 Å². The standard InChI is InChI=1S/C12H24N2O/c1-2-3-12(4-5-13-10-12)11-14-6-8-15-9-7-14/h13H,2-11H2,1H3. The molecule has 1 unspecified atom stereocenters. The number of ether oxygens (including phenoxy) is 1. The molecule has 2 aliphatic rings. The van der Waals surface area contributed by atoms with Gasteiger partial charge in [-0.3, -0.25) is 4.90 Å². The number of morpholine rings is 1. The van der Waals surface area contributed by atoms with Gasteiger partial charge in [0, 0.05) is 26.2 Å². The first-order valence-electron chi connectivity index (χ1n) is 6.35. The van der Waals surface area contributed by atoms with Gasteiger partial charge in [0.15, 0.2) is 0 Å². The van der Waals surface area contributed by atoms with Crippen LogP contribution in [0.25, 0.3) is 0 Å². The molecule has 2 aliphatic heterocycles. The van der Waals surface area contributed by atoms with Crippen LogP contribution in [0.5, 0.6) is 0 Å². The van der Waals surface area contributed by atoms with Gasteiger partial charge in [0.05, 0.1) is 13.2 Å². The van der Waals surface area contributed by atoms with Crippen molar-refractivity contribution in [1.82, 2.24) is 10.2 Å². The van der Waals surface area contributed by atoms with Crippen molar-refractivity contribution >= 4 is 0 Å². The van der Waals surface area contributed by atoms with E-state index >= 15 is 0 Å². The van der Waals surface area contributed by atoms with Crippen LogP contribution < -0.4 is 5.32 Å². The normalized spacial score (nSPS) is 33.4. The Morgan fingerprint density at radius 2 is 2.13 bits per heavy atom. The molecule has 15 heavy (non-hydrogen) atoms. The zero-order chi connectivity index (χ0) is 10.6. The summed E-state index contributed by atoms with van der Waals surface area (Å²) < 4.78 is 5.40. The number of rotatable bonds is 4. The minimum atomic E-state index is 0.562. The Bertz CT molecular complexity index is 184. The van der Waals surface area contributed by atoms with E-state index in [-0.39, 0.29) is 0 Å². The average Bonchev–Trinajstić information content (AvgIpc) is 2.69. The topological polar surface area (TPSA) is 24.5 Å². The predicted molar refractivity (Wildman–Crippen MR) is 62.1 cm³/mol. The fourth-order valence-electron chi connectivity index (χ4n) is 2.99. The van der Waals surface area contributed by atoms with E-state index in [4.69, 9.17) is 4.74 Å². The number of hydrogen-bond acceptors (Lipinski definition) is 3. The SMILES string of the molecule is CCCC1(CN2CCOCC2)CCNC1. The van der Waals surface area contributed by atoms with Crippen molar-refractivity contribution in [2.45, 2.75) is 26.2 Å². The summed E-state index contributed by atoms with van der Waals surface area (Å²) in [5.74, 6) is 0. The molecule has 88 valence electrons. The van der Waals surface area contributed by atoms with Gasteiger partial charge in [-0.05, 0) is 24.8 Å². The fraction of sp³-hybridized carbons (Fsp3) is 1.00. The van der Waals surface area contributed by atoms with Gasteiger partial charge in [-0.25, -0.2) is 0 Å². The van der Waals surface area contributed by atoms with Crippen molar-refractivity contribution in [3.63, 3.8) is 0 Å². The van der Waals surface area contributed by atoms with Gasteiger partial charge in [0.1, 0.15) is 0 Å². The van der Waals surface area contributed by atoms with Crippen LogP contribution in [0.4, 0.5) is 0 Å². The Hall–Kier alpha value is -0.120. The Balaban J connectivity index is 1.87. The molecule has 3 heteroatoms. The molecule has 2 saturated heterocycles. The molecule has 0 amide bonds. The van der Waals surface area contributed by atoms with Gasteiger partial charge in [-0.1, -0.05) is 13.3 Å². The minimum Gasteiger partial charge on any atom is -0.379 e. The van der Waals surface area contributed by atoms with Crippen molar-refractivity contribution in [2.24, 2.45) is 5.41 Å². The molecule has 3 nitrogen and oxygen atoms in total. The number of nitrogens with one attached hydrogen (secondary N) is 1. The Morgan fingerprint density at radius 1 is 1.33 bits per heavy atom. The summed E-state index contributed by atoms with van der Waals surface area (Å²) in [6.45, 7) is 10.1. The second-order valence-electron chi connectivity index (χ2n) is 5.07. The molecule has 1 atom stereocenters. The second-order valence-corrected chi connectivity index (χ2v) is 5.07. The van der Waals surface area contributed by atoms with Crippen molar-refractivity contribution in [1.29, 1.82) is 0 Å². The third kappa shape index (κ3) is 2.92. The Kier molecular flexibility index (Phi) is 4.00. The lowest BCUT2D eigenvalue weighted by Crippen LogP contribution is -2.44. The zero-order valence-electron chi connectivity index (χ0n) is 9.93. The summed E-state index contributed by atoms with van der Waals surface area (Å²) in [5, 5.41) is 3.53. The smallest absolute Gasteiger partial charge is 0.0594 e. The van der Waals surface area contributed by atoms with E-state index in [1.807, 2.05) is 0 Å². The maximum atomic E-state index is 5.40. The van der Waals surface area contributed by atoms with Crippen molar-refractivity contribution in [3.8, 4) is 0 Å². The largest absolute Gasteiger partial charge is 0.379 e. The molecular weight excluding hydrogens is 188 g/mol. The summed E-state index contributed by atoms with van der Waals surface area (Å²) in [6.07, 6.45) is 4.04. The van der Waals surface area contributed by atoms with Crippen molar-refractivity contribution < 1.29 is 4.74 Å². The van der Waals surface area contributed by atoms with E-state index in [0.29, 0.717) is 5.41 Å². The quantitative estimate of drug-likeness (QED) is 0.755. The molecule has 0 aliphatic carbocycles. The van der Waals surface area contributed by atoms with Gasteiger partial charge in [0.2, 0.25) is 0 Å². The van der Waals surface area contributed by atoms with E-state index in [0.717, 1.165) is 26.3 Å². The molecule has 2 heterocycles. The van der Waals surface area contributed by atoms with Crippen LogP contribution in [0.1, 0.15) is 26.2 Å². The molecule has 0 aromatic carbocycles. The van der Waals surface area contributed by atoms with Crippen molar-refractivity contribution in [3.05, 3.63) is 0 Å². The Morgan fingerprint density at radius 3 is 2.73 bits per heavy atom. The summed E-state index contributed by atoms with van der Waals surface area (Å²) in [7, 11) is 0. The lowest BCUT2D eigenvalue weighted by molar-refractivity contribution is 0.0171. The highest BCUT2D eigenvalue weighted by molar-refractivity contribution is 4.90. The van der Waals surface area contributed by atoms with Gasteiger partial charge in [0.25, 0.3) is 0 Å². The first-order valence-corrected chi connectivity index (χ1v) is 6.35. The lowest BCUT2D eigenvalue weighted by Gasteiger charge is -2.36. The van der Waals surface area contributed by atoms with Crippen molar-refractivity contribution in [2.75, 3.05) is 45.9 Å². The van der Waals surface area contributed by atoms with Crippen LogP contribution in [-0.4, -0.2) is 50.8 Å². The molecule has 0 spiro atoms. The fourth-order valence-corrected chi connectivity index (χ4v) is 2.99. The monoisotopic (exact) mass is 212 g/mol. The summed E-state index contributed by atoms with van der Waals surface area (Å²) >= 11 is 0. The molecule has 1 N–H and O–H groups in total. The highest BCUT2D eigenvalue weighted by Gasteiger charge is 2.34. The van der Waals surface area contributed by atoms with Gasteiger partial charge < -0.3 is 10.1 Å². The maximum absolute atomic E-state index is 5.40. The molecule has 0 saturated carbocycles. The molecular formula is C12H24N2O. The van der Waals surface area contributed by atoms with E-state index in [9.17, 15) is 0 Å². The highest BCUT2D eigenvalue weighted by Crippen LogP contribution is 2.32. The lowest BCUT2D eigenvalue weighted by atomic mass is 9.82. The zero-order valence-corrected chi connectivity index (χ0v) is 9.93. The van der Waals surface area contributed by atoms with Crippen LogP contribution in [0.3, 0.4) is 0 Å². The van der Waals surface area contributed by atoms with Gasteiger partial charge in [-0.15, -0.1) is 0 Å². The maximum Gasteiger partial charge on any atom is 0.0594 e. The van der Waals surface area contributed by atoms with E-state index in [1.54, 1.807) is 0 Å². The second kappa shape index (κ2) is 5.28. The van der Waals surface area contributed by atoms with Gasteiger partial charge in [-0.2, -0.15) is 0 Å². The number of hydrogen-bond donors (Lipinski definition) is 1. The summed E-state index contributed by atoms with van der Waals surface area (Å²) in [4.78, 5) is 2.59. The molecule has 0 bridgehead atoms. The summed E-state index contributed by atoms with van der Waals surface area (Å²) in [5.41, 5.74) is 0.562. The molecule has 0 aromatic heterocycles. The predicted octanol–water partition coefficient (Wildman–Crippen LogP) is 1.10. The van der Waals surface area contributed by atoms with E-state index < -0.39 is 0 Å². The van der Waals surface area contributed by atoms with E-state index in [1.165, 1.54) is 38.9 Å².